The first kappa shape index (κ1) is 22.8. The molecule has 1 heterocycles. The number of ether oxygens (including phenoxy) is 1. The second-order valence-corrected chi connectivity index (χ2v) is 9.19. The third-order valence-corrected chi connectivity index (χ3v) is 6.48. The molecule has 166 valence electrons. The van der Waals surface area contributed by atoms with E-state index in [1.165, 1.54) is 10.5 Å². The zero-order chi connectivity index (χ0) is 23.4. The Balaban J connectivity index is 1.59. The van der Waals surface area contributed by atoms with Gasteiger partial charge in [0.05, 0.1) is 4.91 Å². The molecule has 3 aromatic carbocycles. The molecular weight excluding hydrogens is 454 g/mol. The van der Waals surface area contributed by atoms with E-state index in [1.54, 1.807) is 36.4 Å². The molecule has 0 spiro atoms. The number of benzene rings is 3. The van der Waals surface area contributed by atoms with Gasteiger partial charge in [0, 0.05) is 5.56 Å². The molecule has 33 heavy (non-hydrogen) atoms. The van der Waals surface area contributed by atoms with E-state index >= 15 is 0 Å². The molecule has 1 amide bonds. The topological polar surface area (TPSA) is 66.8 Å². The molecule has 3 aromatic rings. The number of nitrogens with zero attached hydrogens (tertiary/aromatic N) is 1. The standard InChI is InChI=1S/C26H21NO4S2/c1-17-11-13-18(14-12-17)16-31-21-10-6-5-9-20(21)15-22-24(28)27(26(32)33-22)23(25(29)30)19-7-3-2-4-8-19/h2-15,23H,16H2,1H3,(H,29,30)/b22-15+. The van der Waals surface area contributed by atoms with Crippen LogP contribution in [0.5, 0.6) is 5.75 Å². The summed E-state index contributed by atoms with van der Waals surface area (Å²) in [5, 5.41) is 9.84. The molecule has 1 saturated heterocycles. The molecular formula is C26H21NO4S2. The minimum absolute atomic E-state index is 0.209. The fraction of sp³-hybridized carbons (Fsp3) is 0.115. The van der Waals surface area contributed by atoms with Crippen LogP contribution in [-0.2, 0) is 16.2 Å². The van der Waals surface area contributed by atoms with Crippen molar-refractivity contribution in [2.75, 3.05) is 0 Å². The monoisotopic (exact) mass is 475 g/mol. The van der Waals surface area contributed by atoms with E-state index in [9.17, 15) is 14.7 Å². The highest BCUT2D eigenvalue weighted by Gasteiger charge is 2.41. The van der Waals surface area contributed by atoms with E-state index < -0.39 is 17.9 Å². The predicted octanol–water partition coefficient (Wildman–Crippen LogP) is 5.60. The summed E-state index contributed by atoms with van der Waals surface area (Å²) in [6.07, 6.45) is 1.70. The summed E-state index contributed by atoms with van der Waals surface area (Å²) >= 11 is 6.49. The van der Waals surface area contributed by atoms with Gasteiger partial charge in [-0.2, -0.15) is 0 Å². The Morgan fingerprint density at radius 1 is 1.06 bits per heavy atom. The number of aryl methyl sites for hydroxylation is 1. The number of carbonyl (C=O) groups is 2. The van der Waals surface area contributed by atoms with Crippen LogP contribution in [0.2, 0.25) is 0 Å². The first-order chi connectivity index (χ1) is 15.9. The molecule has 0 aromatic heterocycles. The normalized spacial score (nSPS) is 15.7. The molecule has 7 heteroatoms. The van der Waals surface area contributed by atoms with E-state index in [0.29, 0.717) is 22.8 Å². The third-order valence-electron chi connectivity index (χ3n) is 5.15. The van der Waals surface area contributed by atoms with E-state index in [-0.39, 0.29) is 4.32 Å². The Morgan fingerprint density at radius 2 is 1.73 bits per heavy atom. The first-order valence-corrected chi connectivity index (χ1v) is 11.5. The number of hydrogen-bond donors (Lipinski definition) is 1. The van der Waals surface area contributed by atoms with Gasteiger partial charge in [0.15, 0.2) is 6.04 Å². The molecule has 0 radical (unpaired) electrons. The minimum atomic E-state index is -1.18. The number of amides is 1. The molecule has 5 nitrogen and oxygen atoms in total. The van der Waals surface area contributed by atoms with Crippen molar-refractivity contribution < 1.29 is 19.4 Å². The van der Waals surface area contributed by atoms with Crippen LogP contribution >= 0.6 is 24.0 Å². The van der Waals surface area contributed by atoms with Crippen LogP contribution in [0, 0.1) is 6.92 Å². The number of thiocarbonyl (C=S) groups is 1. The predicted molar refractivity (Wildman–Crippen MR) is 134 cm³/mol. The average molecular weight is 476 g/mol. The van der Waals surface area contributed by atoms with Crippen molar-refractivity contribution >= 4 is 46.3 Å². The molecule has 1 aliphatic heterocycles. The average Bonchev–Trinajstić information content (AvgIpc) is 3.08. The van der Waals surface area contributed by atoms with Gasteiger partial charge in [-0.1, -0.05) is 102 Å². The highest BCUT2D eigenvalue weighted by molar-refractivity contribution is 8.26. The van der Waals surface area contributed by atoms with Crippen LogP contribution in [0.15, 0.2) is 83.8 Å². The molecule has 0 bridgehead atoms. The lowest BCUT2D eigenvalue weighted by Crippen LogP contribution is -2.37. The van der Waals surface area contributed by atoms with Gasteiger partial charge in [-0.05, 0) is 30.2 Å². The number of carboxylic acids is 1. The van der Waals surface area contributed by atoms with Gasteiger partial charge in [0.1, 0.15) is 16.7 Å². The molecule has 1 unspecified atom stereocenters. The number of aliphatic carboxylic acids is 1. The van der Waals surface area contributed by atoms with Crippen molar-refractivity contribution in [3.8, 4) is 5.75 Å². The fourth-order valence-electron chi connectivity index (χ4n) is 3.46. The highest BCUT2D eigenvalue weighted by Crippen LogP contribution is 2.39. The third kappa shape index (κ3) is 5.16. The van der Waals surface area contributed by atoms with Crippen molar-refractivity contribution in [1.29, 1.82) is 0 Å². The van der Waals surface area contributed by atoms with Crippen LogP contribution < -0.4 is 4.74 Å². The summed E-state index contributed by atoms with van der Waals surface area (Å²) in [6.45, 7) is 2.42. The van der Waals surface area contributed by atoms with Gasteiger partial charge in [-0.25, -0.2) is 4.79 Å². The maximum Gasteiger partial charge on any atom is 0.331 e. The lowest BCUT2D eigenvalue weighted by molar-refractivity contribution is -0.145. The van der Waals surface area contributed by atoms with Crippen molar-refractivity contribution in [2.45, 2.75) is 19.6 Å². The molecule has 1 atom stereocenters. The number of thioether (sulfide) groups is 1. The second-order valence-electron chi connectivity index (χ2n) is 7.52. The first-order valence-electron chi connectivity index (χ1n) is 10.3. The molecule has 1 fully saturated rings. The molecule has 1 N–H and O–H groups in total. The van der Waals surface area contributed by atoms with Crippen LogP contribution in [0.4, 0.5) is 0 Å². The zero-order valence-corrected chi connectivity index (χ0v) is 19.4. The maximum atomic E-state index is 13.2. The van der Waals surface area contributed by atoms with Crippen LogP contribution in [0.1, 0.15) is 28.3 Å². The molecule has 4 rings (SSSR count). The lowest BCUT2D eigenvalue weighted by atomic mass is 10.1. The summed E-state index contributed by atoms with van der Waals surface area (Å²) in [4.78, 5) is 26.8. The van der Waals surface area contributed by atoms with Gasteiger partial charge in [-0.15, -0.1) is 0 Å². The van der Waals surface area contributed by atoms with Crippen molar-refractivity contribution in [3.05, 3.63) is 106 Å². The quantitative estimate of drug-likeness (QED) is 0.354. The summed E-state index contributed by atoms with van der Waals surface area (Å²) in [5.74, 6) is -0.948. The van der Waals surface area contributed by atoms with Gasteiger partial charge in [0.25, 0.3) is 5.91 Å². The van der Waals surface area contributed by atoms with E-state index in [1.807, 2.05) is 55.5 Å². The smallest absolute Gasteiger partial charge is 0.331 e. The summed E-state index contributed by atoms with van der Waals surface area (Å²) in [6, 6.07) is 22.9. The Bertz CT molecular complexity index is 1220. The zero-order valence-electron chi connectivity index (χ0n) is 17.8. The number of hydrogen-bond acceptors (Lipinski definition) is 5. The molecule has 0 saturated carbocycles. The molecule has 1 aliphatic rings. The number of carbonyl (C=O) groups excluding carboxylic acids is 1. The minimum Gasteiger partial charge on any atom is -0.488 e. The molecule has 0 aliphatic carbocycles. The summed E-state index contributed by atoms with van der Waals surface area (Å²) < 4.78 is 6.22. The van der Waals surface area contributed by atoms with Gasteiger partial charge in [-0.3, -0.25) is 9.69 Å². The second kappa shape index (κ2) is 10.0. The van der Waals surface area contributed by atoms with E-state index in [4.69, 9.17) is 17.0 Å². The Labute approximate surface area is 201 Å². The Hall–Kier alpha value is -3.42. The van der Waals surface area contributed by atoms with E-state index in [2.05, 4.69) is 0 Å². The summed E-state index contributed by atoms with van der Waals surface area (Å²) in [7, 11) is 0. The fourth-order valence-corrected chi connectivity index (χ4v) is 4.76. The van der Waals surface area contributed by atoms with Crippen molar-refractivity contribution in [3.63, 3.8) is 0 Å². The highest BCUT2D eigenvalue weighted by atomic mass is 32.2. The largest absolute Gasteiger partial charge is 0.488 e. The van der Waals surface area contributed by atoms with Crippen LogP contribution in [0.25, 0.3) is 6.08 Å². The lowest BCUT2D eigenvalue weighted by Gasteiger charge is -2.23. The maximum absolute atomic E-state index is 13.2. The summed E-state index contributed by atoms with van der Waals surface area (Å²) in [5.41, 5.74) is 3.42. The van der Waals surface area contributed by atoms with Gasteiger partial charge < -0.3 is 9.84 Å². The van der Waals surface area contributed by atoms with Crippen LogP contribution in [0.3, 0.4) is 0 Å². The number of rotatable bonds is 7. The SMILES string of the molecule is Cc1ccc(COc2ccccc2/C=C2/SC(=S)N(C(C(=O)O)c3ccccc3)C2=O)cc1. The Kier molecular flexibility index (Phi) is 6.91. The van der Waals surface area contributed by atoms with Crippen molar-refractivity contribution in [2.24, 2.45) is 0 Å². The number of para-hydroxylation sites is 1. The van der Waals surface area contributed by atoms with Crippen LogP contribution in [-0.4, -0.2) is 26.2 Å². The number of carboxylic acid groups (broad SMARTS) is 1. The van der Waals surface area contributed by atoms with Crippen molar-refractivity contribution in [1.82, 2.24) is 4.90 Å². The van der Waals surface area contributed by atoms with Gasteiger partial charge >= 0.3 is 5.97 Å². The Morgan fingerprint density at radius 3 is 2.42 bits per heavy atom. The van der Waals surface area contributed by atoms with Gasteiger partial charge in [0.2, 0.25) is 0 Å². The van der Waals surface area contributed by atoms with E-state index in [0.717, 1.165) is 22.9 Å².